The Morgan fingerprint density at radius 3 is 2.40 bits per heavy atom. The van der Waals surface area contributed by atoms with Gasteiger partial charge in [0, 0.05) is 25.6 Å². The van der Waals surface area contributed by atoms with Crippen LogP contribution in [0.1, 0.15) is 39.2 Å². The van der Waals surface area contributed by atoms with Crippen molar-refractivity contribution >= 4 is 16.0 Å². The molecule has 0 aliphatic heterocycles. The summed E-state index contributed by atoms with van der Waals surface area (Å²) in [6.07, 6.45) is -6.16. The van der Waals surface area contributed by atoms with Gasteiger partial charge < -0.3 is 14.6 Å². The van der Waals surface area contributed by atoms with Crippen molar-refractivity contribution in [1.29, 1.82) is 0 Å². The molecule has 1 rings (SSSR count). The molecule has 0 saturated heterocycles. The Kier molecular flexibility index (Phi) is 9.57. The van der Waals surface area contributed by atoms with Crippen LogP contribution in [0.25, 0.3) is 0 Å². The lowest BCUT2D eigenvalue weighted by Crippen LogP contribution is -2.33. The summed E-state index contributed by atoms with van der Waals surface area (Å²) in [5.41, 5.74) is -0.191. The Morgan fingerprint density at radius 1 is 1.23 bits per heavy atom. The van der Waals surface area contributed by atoms with Crippen LogP contribution in [0.2, 0.25) is 0 Å². The smallest absolute Gasteiger partial charge is 0.465 e. The van der Waals surface area contributed by atoms with Gasteiger partial charge >= 0.3 is 12.3 Å². The summed E-state index contributed by atoms with van der Waals surface area (Å²) in [5.74, 6) is -1.03. The first-order chi connectivity index (χ1) is 13.7. The monoisotopic (exact) mass is 455 g/mol. The predicted molar refractivity (Wildman–Crippen MR) is 103 cm³/mol. The lowest BCUT2D eigenvalue weighted by Gasteiger charge is -2.22. The van der Waals surface area contributed by atoms with Crippen LogP contribution in [0.4, 0.5) is 13.2 Å². The third-order valence-electron chi connectivity index (χ3n) is 3.91. The zero-order valence-electron chi connectivity index (χ0n) is 17.4. The van der Waals surface area contributed by atoms with Crippen molar-refractivity contribution in [3.05, 3.63) is 23.8 Å². The first kappa shape index (κ1) is 26.2. The molecule has 0 aliphatic carbocycles. The fourth-order valence-electron chi connectivity index (χ4n) is 2.63. The van der Waals surface area contributed by atoms with Crippen molar-refractivity contribution in [3.63, 3.8) is 0 Å². The van der Waals surface area contributed by atoms with Crippen LogP contribution in [0, 0.1) is 5.92 Å². The lowest BCUT2D eigenvalue weighted by atomic mass is 10.1. The van der Waals surface area contributed by atoms with E-state index < -0.39 is 34.2 Å². The van der Waals surface area contributed by atoms with E-state index in [-0.39, 0.29) is 48.8 Å². The molecular formula is C19H28F3NO6S. The molecule has 1 atom stereocenters. The number of carbonyl (C=O) groups excluding carboxylic acids is 1. The number of esters is 1. The molecule has 0 amide bonds. The minimum atomic E-state index is -5.02. The van der Waals surface area contributed by atoms with Crippen LogP contribution in [0.5, 0.6) is 5.75 Å². The Bertz CT molecular complexity index is 809. The number of sulfonamides is 1. The molecular weight excluding hydrogens is 427 g/mol. The van der Waals surface area contributed by atoms with Gasteiger partial charge in [0.05, 0.1) is 17.6 Å². The fraction of sp³-hybridized carbons (Fsp3) is 0.632. The lowest BCUT2D eigenvalue weighted by molar-refractivity contribution is -0.275. The van der Waals surface area contributed by atoms with Gasteiger partial charge in [-0.3, -0.25) is 4.79 Å². The van der Waals surface area contributed by atoms with Gasteiger partial charge in [0.25, 0.3) is 0 Å². The van der Waals surface area contributed by atoms with E-state index in [9.17, 15) is 31.5 Å². The standard InChI is InChI=1S/C19H28F3NO6S/c1-13(2)12-28-18(25)10-5-7-15-16(29-19(20,21)22)8-6-9-17(15)30(26,27)23(4)11-14(3)24/h6,8-9,13-14,24H,5,7,10-12H2,1-4H3/t14-/m0/s1. The van der Waals surface area contributed by atoms with E-state index in [2.05, 4.69) is 4.74 Å². The van der Waals surface area contributed by atoms with E-state index in [1.54, 1.807) is 0 Å². The Morgan fingerprint density at radius 2 is 1.87 bits per heavy atom. The molecule has 0 unspecified atom stereocenters. The van der Waals surface area contributed by atoms with Crippen LogP contribution in [0.15, 0.2) is 23.1 Å². The SMILES string of the molecule is CC(C)COC(=O)CCCc1c(OC(F)(F)F)cccc1S(=O)(=O)N(C)C[C@H](C)O. The van der Waals surface area contributed by atoms with E-state index in [0.29, 0.717) is 0 Å². The van der Waals surface area contributed by atoms with Crippen molar-refractivity contribution in [2.45, 2.75) is 57.4 Å². The number of nitrogens with zero attached hydrogens (tertiary/aromatic N) is 1. The Balaban J connectivity index is 3.17. The van der Waals surface area contributed by atoms with E-state index in [1.165, 1.54) is 20.0 Å². The zero-order chi connectivity index (χ0) is 23.1. The first-order valence-corrected chi connectivity index (χ1v) is 10.9. The average molecular weight is 455 g/mol. The summed E-state index contributed by atoms with van der Waals surface area (Å²) in [6, 6.07) is 3.34. The predicted octanol–water partition coefficient (Wildman–Crippen LogP) is 3.11. The molecule has 0 aromatic heterocycles. The third-order valence-corrected chi connectivity index (χ3v) is 5.82. The van der Waals surface area contributed by atoms with E-state index in [0.717, 1.165) is 16.4 Å². The number of carbonyl (C=O) groups is 1. The molecule has 0 aliphatic rings. The summed E-state index contributed by atoms with van der Waals surface area (Å²) >= 11 is 0. The largest absolute Gasteiger partial charge is 0.573 e. The number of aliphatic hydroxyl groups excluding tert-OH is 1. The molecule has 11 heteroatoms. The summed E-state index contributed by atoms with van der Waals surface area (Å²) in [4.78, 5) is 11.4. The summed E-state index contributed by atoms with van der Waals surface area (Å²) < 4.78 is 74.1. The highest BCUT2D eigenvalue weighted by Gasteiger charge is 2.34. The minimum Gasteiger partial charge on any atom is -0.465 e. The van der Waals surface area contributed by atoms with Crippen LogP contribution in [-0.2, 0) is 26.0 Å². The number of hydrogen-bond acceptors (Lipinski definition) is 6. The molecule has 0 saturated carbocycles. The van der Waals surface area contributed by atoms with Gasteiger partial charge in [0.15, 0.2) is 0 Å². The van der Waals surface area contributed by atoms with E-state index in [1.807, 2.05) is 13.8 Å². The van der Waals surface area contributed by atoms with Gasteiger partial charge in [-0.25, -0.2) is 8.42 Å². The van der Waals surface area contributed by atoms with Crippen LogP contribution in [0.3, 0.4) is 0 Å². The zero-order valence-corrected chi connectivity index (χ0v) is 18.2. The number of likely N-dealkylation sites (N-methyl/N-ethyl adjacent to an activating group) is 1. The van der Waals surface area contributed by atoms with Crippen molar-refractivity contribution in [2.75, 3.05) is 20.2 Å². The van der Waals surface area contributed by atoms with Crippen molar-refractivity contribution < 1.29 is 41.0 Å². The molecule has 0 radical (unpaired) electrons. The van der Waals surface area contributed by atoms with Gasteiger partial charge in [0.2, 0.25) is 10.0 Å². The van der Waals surface area contributed by atoms with Gasteiger partial charge in [0.1, 0.15) is 5.75 Å². The summed E-state index contributed by atoms with van der Waals surface area (Å²) in [5, 5.41) is 9.47. The average Bonchev–Trinajstić information content (AvgIpc) is 2.59. The first-order valence-electron chi connectivity index (χ1n) is 9.41. The number of alkyl halides is 3. The fourth-order valence-corrected chi connectivity index (χ4v) is 4.15. The highest BCUT2D eigenvalue weighted by atomic mass is 32.2. The second-order valence-corrected chi connectivity index (χ2v) is 9.36. The van der Waals surface area contributed by atoms with Crippen molar-refractivity contribution in [3.8, 4) is 5.75 Å². The Labute approximate surface area is 174 Å². The van der Waals surface area contributed by atoms with Crippen LogP contribution in [-0.4, -0.2) is 56.5 Å². The van der Waals surface area contributed by atoms with Gasteiger partial charge in [-0.05, 0) is 37.8 Å². The topological polar surface area (TPSA) is 93.1 Å². The molecule has 172 valence electrons. The van der Waals surface area contributed by atoms with E-state index in [4.69, 9.17) is 4.74 Å². The van der Waals surface area contributed by atoms with Crippen molar-refractivity contribution in [2.24, 2.45) is 5.92 Å². The number of benzene rings is 1. The second kappa shape index (κ2) is 11.0. The molecule has 0 spiro atoms. The molecule has 1 aromatic carbocycles. The highest BCUT2D eigenvalue weighted by molar-refractivity contribution is 7.89. The van der Waals surface area contributed by atoms with Crippen LogP contribution >= 0.6 is 0 Å². The Hall–Kier alpha value is -1.85. The number of ether oxygens (including phenoxy) is 2. The second-order valence-electron chi connectivity index (χ2n) is 7.35. The highest BCUT2D eigenvalue weighted by Crippen LogP contribution is 2.33. The summed E-state index contributed by atoms with van der Waals surface area (Å²) in [6.45, 7) is 5.08. The quantitative estimate of drug-likeness (QED) is 0.516. The number of hydrogen-bond donors (Lipinski definition) is 1. The number of rotatable bonds is 11. The molecule has 0 heterocycles. The summed E-state index contributed by atoms with van der Waals surface area (Å²) in [7, 11) is -2.99. The molecule has 7 nitrogen and oxygen atoms in total. The molecule has 30 heavy (non-hydrogen) atoms. The maximum absolute atomic E-state index is 12.9. The maximum atomic E-state index is 12.9. The van der Waals surface area contributed by atoms with Crippen molar-refractivity contribution in [1.82, 2.24) is 4.31 Å². The van der Waals surface area contributed by atoms with E-state index >= 15 is 0 Å². The normalized spacial score (nSPS) is 13.5. The maximum Gasteiger partial charge on any atom is 0.573 e. The molecule has 1 aromatic rings. The van der Waals surface area contributed by atoms with Crippen LogP contribution < -0.4 is 4.74 Å². The van der Waals surface area contributed by atoms with Gasteiger partial charge in [-0.1, -0.05) is 19.9 Å². The number of aliphatic hydroxyl groups is 1. The van der Waals surface area contributed by atoms with Gasteiger partial charge in [-0.2, -0.15) is 4.31 Å². The molecule has 1 N–H and O–H groups in total. The molecule has 0 bridgehead atoms. The third kappa shape index (κ3) is 8.49. The molecule has 0 fully saturated rings. The van der Waals surface area contributed by atoms with Gasteiger partial charge in [-0.15, -0.1) is 13.2 Å². The number of halogens is 3. The minimum absolute atomic E-state index is 0.0673.